The Kier molecular flexibility index (Phi) is 6.17. The average molecular weight is 415 g/mol. The summed E-state index contributed by atoms with van der Waals surface area (Å²) < 4.78 is 7.56. The molecule has 0 radical (unpaired) electrons. The molecule has 30 heavy (non-hydrogen) atoms. The highest BCUT2D eigenvalue weighted by atomic mass is 16.5. The van der Waals surface area contributed by atoms with E-state index in [4.69, 9.17) is 9.72 Å². The van der Waals surface area contributed by atoms with Gasteiger partial charge in [0, 0.05) is 52.8 Å². The van der Waals surface area contributed by atoms with Crippen molar-refractivity contribution in [2.45, 2.75) is 39.8 Å². The van der Waals surface area contributed by atoms with Crippen LogP contribution in [0.15, 0.2) is 12.3 Å². The van der Waals surface area contributed by atoms with E-state index in [0.717, 1.165) is 55.3 Å². The molecule has 0 atom stereocenters. The highest BCUT2D eigenvalue weighted by Crippen LogP contribution is 2.24. The smallest absolute Gasteiger partial charge is 0.225 e. The largest absolute Gasteiger partial charge is 0.381 e. The van der Waals surface area contributed by atoms with Crippen LogP contribution in [0.3, 0.4) is 0 Å². The second kappa shape index (κ2) is 8.99. The standard InChI is InChI=1S/C21H30N6O3/c1-3-11-30-12-4-20(29)26-9-10-27-19(15-26)23-18-13-17(14-22-21(18)27)25-7-5-24(6-8-25)16(2)28/h13-14H,3-12,15H2,1-2H3. The molecule has 2 amide bonds. The molecule has 0 unspecified atom stereocenters. The maximum atomic E-state index is 12.5. The summed E-state index contributed by atoms with van der Waals surface area (Å²) >= 11 is 0. The molecule has 1 fully saturated rings. The molecule has 2 aromatic rings. The number of pyridine rings is 1. The number of hydrogen-bond donors (Lipinski definition) is 0. The Morgan fingerprint density at radius 1 is 1.07 bits per heavy atom. The van der Waals surface area contributed by atoms with E-state index in [1.807, 2.05) is 16.0 Å². The zero-order chi connectivity index (χ0) is 21.1. The third-order valence-corrected chi connectivity index (χ3v) is 5.83. The van der Waals surface area contributed by atoms with Crippen LogP contribution in [-0.4, -0.2) is 82.1 Å². The lowest BCUT2D eigenvalue weighted by atomic mass is 10.2. The van der Waals surface area contributed by atoms with Gasteiger partial charge in [-0.15, -0.1) is 0 Å². The number of anilines is 1. The number of carbonyl (C=O) groups excluding carboxylic acids is 2. The Morgan fingerprint density at radius 2 is 1.83 bits per heavy atom. The number of ether oxygens (including phenoxy) is 1. The van der Waals surface area contributed by atoms with E-state index in [2.05, 4.69) is 27.4 Å². The van der Waals surface area contributed by atoms with Crippen LogP contribution in [0.5, 0.6) is 0 Å². The zero-order valence-electron chi connectivity index (χ0n) is 17.8. The molecular formula is C21H30N6O3. The second-order valence-electron chi connectivity index (χ2n) is 7.89. The maximum absolute atomic E-state index is 12.5. The van der Waals surface area contributed by atoms with Crippen LogP contribution < -0.4 is 4.90 Å². The van der Waals surface area contributed by atoms with Gasteiger partial charge in [0.25, 0.3) is 0 Å². The fraction of sp³-hybridized carbons (Fsp3) is 0.619. The van der Waals surface area contributed by atoms with Crippen molar-refractivity contribution in [3.8, 4) is 0 Å². The summed E-state index contributed by atoms with van der Waals surface area (Å²) in [6.45, 7) is 9.77. The van der Waals surface area contributed by atoms with Gasteiger partial charge in [-0.2, -0.15) is 0 Å². The normalized spacial score (nSPS) is 16.8. The molecule has 162 valence electrons. The number of nitrogens with zero attached hydrogens (tertiary/aromatic N) is 6. The lowest BCUT2D eigenvalue weighted by molar-refractivity contribution is -0.134. The van der Waals surface area contributed by atoms with Crippen LogP contribution >= 0.6 is 0 Å². The summed E-state index contributed by atoms with van der Waals surface area (Å²) in [6.07, 6.45) is 3.27. The molecule has 0 aliphatic carbocycles. The van der Waals surface area contributed by atoms with Crippen LogP contribution in [0.25, 0.3) is 11.2 Å². The number of carbonyl (C=O) groups is 2. The number of fused-ring (bicyclic) bond motifs is 3. The third kappa shape index (κ3) is 4.26. The van der Waals surface area contributed by atoms with Crippen LogP contribution in [0.1, 0.15) is 32.5 Å². The van der Waals surface area contributed by atoms with Gasteiger partial charge in [0.15, 0.2) is 5.65 Å². The Balaban J connectivity index is 1.43. The number of piperazine rings is 1. The van der Waals surface area contributed by atoms with Crippen molar-refractivity contribution in [1.82, 2.24) is 24.3 Å². The van der Waals surface area contributed by atoms with Gasteiger partial charge in [0.05, 0.1) is 31.5 Å². The highest BCUT2D eigenvalue weighted by molar-refractivity contribution is 5.78. The summed E-state index contributed by atoms with van der Waals surface area (Å²) in [5, 5.41) is 0. The quantitative estimate of drug-likeness (QED) is 0.662. The summed E-state index contributed by atoms with van der Waals surface area (Å²) in [5.74, 6) is 1.12. The van der Waals surface area contributed by atoms with Gasteiger partial charge in [0.2, 0.25) is 11.8 Å². The number of hydrogen-bond acceptors (Lipinski definition) is 6. The van der Waals surface area contributed by atoms with Crippen LogP contribution in [0.2, 0.25) is 0 Å². The maximum Gasteiger partial charge on any atom is 0.225 e. The lowest BCUT2D eigenvalue weighted by Gasteiger charge is -2.35. The summed E-state index contributed by atoms with van der Waals surface area (Å²) in [4.78, 5) is 39.5. The molecule has 4 heterocycles. The van der Waals surface area contributed by atoms with E-state index in [1.54, 1.807) is 6.92 Å². The molecule has 0 bridgehead atoms. The predicted octanol–water partition coefficient (Wildman–Crippen LogP) is 1.26. The van der Waals surface area contributed by atoms with E-state index in [-0.39, 0.29) is 11.8 Å². The van der Waals surface area contributed by atoms with Gasteiger partial charge < -0.3 is 24.0 Å². The van der Waals surface area contributed by atoms with Crippen molar-refractivity contribution < 1.29 is 14.3 Å². The minimum Gasteiger partial charge on any atom is -0.381 e. The molecular weight excluding hydrogens is 384 g/mol. The number of rotatable bonds is 6. The Morgan fingerprint density at radius 3 is 2.57 bits per heavy atom. The highest BCUT2D eigenvalue weighted by Gasteiger charge is 2.25. The topological polar surface area (TPSA) is 83.8 Å². The molecule has 1 saturated heterocycles. The fourth-order valence-corrected chi connectivity index (χ4v) is 4.10. The molecule has 0 spiro atoms. The van der Waals surface area contributed by atoms with E-state index in [9.17, 15) is 9.59 Å². The first kappa shape index (κ1) is 20.6. The molecule has 2 aliphatic heterocycles. The van der Waals surface area contributed by atoms with Crippen molar-refractivity contribution in [2.75, 3.05) is 50.8 Å². The second-order valence-corrected chi connectivity index (χ2v) is 7.89. The van der Waals surface area contributed by atoms with E-state index < -0.39 is 0 Å². The van der Waals surface area contributed by atoms with Gasteiger partial charge in [-0.05, 0) is 12.5 Å². The molecule has 2 aliphatic rings. The minimum atomic E-state index is 0.112. The van der Waals surface area contributed by atoms with Crippen molar-refractivity contribution >= 4 is 28.7 Å². The monoisotopic (exact) mass is 414 g/mol. The van der Waals surface area contributed by atoms with Gasteiger partial charge >= 0.3 is 0 Å². The molecule has 0 saturated carbocycles. The van der Waals surface area contributed by atoms with Gasteiger partial charge in [-0.3, -0.25) is 9.59 Å². The van der Waals surface area contributed by atoms with Gasteiger partial charge in [-0.1, -0.05) is 6.92 Å². The predicted molar refractivity (Wildman–Crippen MR) is 113 cm³/mol. The number of aromatic nitrogens is 3. The first-order chi connectivity index (χ1) is 14.6. The third-order valence-electron chi connectivity index (χ3n) is 5.83. The Labute approximate surface area is 176 Å². The summed E-state index contributed by atoms with van der Waals surface area (Å²) in [7, 11) is 0. The molecule has 2 aromatic heterocycles. The zero-order valence-corrected chi connectivity index (χ0v) is 17.8. The van der Waals surface area contributed by atoms with E-state index in [1.165, 1.54) is 0 Å². The Hall–Kier alpha value is -2.68. The van der Waals surface area contributed by atoms with Crippen LogP contribution in [0.4, 0.5) is 5.69 Å². The number of imidazole rings is 1. The first-order valence-electron chi connectivity index (χ1n) is 10.8. The van der Waals surface area contributed by atoms with Crippen molar-refractivity contribution in [1.29, 1.82) is 0 Å². The number of amides is 2. The lowest BCUT2D eigenvalue weighted by Crippen LogP contribution is -2.48. The van der Waals surface area contributed by atoms with Crippen molar-refractivity contribution in [3.63, 3.8) is 0 Å². The van der Waals surface area contributed by atoms with Crippen LogP contribution in [-0.2, 0) is 27.4 Å². The summed E-state index contributed by atoms with van der Waals surface area (Å²) in [5.41, 5.74) is 2.76. The Bertz CT molecular complexity index is 919. The van der Waals surface area contributed by atoms with Crippen molar-refractivity contribution in [2.24, 2.45) is 0 Å². The SMILES string of the molecule is CCCOCCC(=O)N1CCn2c(nc3cc(N4CCN(C(C)=O)CC4)cnc32)C1. The first-order valence-corrected chi connectivity index (χ1v) is 10.8. The van der Waals surface area contributed by atoms with Crippen LogP contribution in [0, 0.1) is 0 Å². The van der Waals surface area contributed by atoms with E-state index in [0.29, 0.717) is 39.3 Å². The summed E-state index contributed by atoms with van der Waals surface area (Å²) in [6, 6.07) is 2.07. The molecule has 0 aromatic carbocycles. The molecule has 9 heteroatoms. The average Bonchev–Trinajstić information content (AvgIpc) is 3.13. The van der Waals surface area contributed by atoms with Gasteiger partial charge in [-0.25, -0.2) is 9.97 Å². The van der Waals surface area contributed by atoms with Gasteiger partial charge in [0.1, 0.15) is 11.3 Å². The molecule has 9 nitrogen and oxygen atoms in total. The molecule has 4 rings (SSSR count). The molecule has 0 N–H and O–H groups in total. The fourth-order valence-electron chi connectivity index (χ4n) is 4.10. The van der Waals surface area contributed by atoms with E-state index >= 15 is 0 Å². The minimum absolute atomic E-state index is 0.112. The van der Waals surface area contributed by atoms with Crippen molar-refractivity contribution in [3.05, 3.63) is 18.1 Å².